The maximum atomic E-state index is 13.5. The molecular weight excluding hydrogens is 443 g/mol. The molecule has 7 nitrogen and oxygen atoms in total. The zero-order valence-corrected chi connectivity index (χ0v) is 18.5. The number of aromatic nitrogens is 3. The molecule has 0 spiro atoms. The Morgan fingerprint density at radius 2 is 2.00 bits per heavy atom. The van der Waals surface area contributed by atoms with Gasteiger partial charge in [-0.05, 0) is 42.3 Å². The number of hydrogen-bond donors (Lipinski definition) is 1. The monoisotopic (exact) mass is 460 g/mol. The van der Waals surface area contributed by atoms with E-state index in [2.05, 4.69) is 15.3 Å². The summed E-state index contributed by atoms with van der Waals surface area (Å²) in [6, 6.07) is 8.19. The molecule has 2 heterocycles. The Morgan fingerprint density at radius 1 is 1.19 bits per heavy atom. The van der Waals surface area contributed by atoms with E-state index in [4.69, 9.17) is 21.1 Å². The van der Waals surface area contributed by atoms with E-state index >= 15 is 0 Å². The Hall–Kier alpha value is -3.17. The molecular formula is C21H18ClFN4O3S. The van der Waals surface area contributed by atoms with Crippen LogP contribution in [0, 0.1) is 12.7 Å². The Morgan fingerprint density at radius 3 is 2.71 bits per heavy atom. The summed E-state index contributed by atoms with van der Waals surface area (Å²) in [5, 5.41) is 3.82. The van der Waals surface area contributed by atoms with Gasteiger partial charge in [0.15, 0.2) is 0 Å². The van der Waals surface area contributed by atoms with Crippen molar-refractivity contribution in [3.63, 3.8) is 0 Å². The molecule has 1 N–H and O–H groups in total. The molecule has 10 heteroatoms. The van der Waals surface area contributed by atoms with E-state index in [1.807, 2.05) is 19.1 Å². The molecule has 0 saturated carbocycles. The van der Waals surface area contributed by atoms with Crippen molar-refractivity contribution in [1.29, 1.82) is 0 Å². The van der Waals surface area contributed by atoms with Gasteiger partial charge in [-0.1, -0.05) is 29.0 Å². The van der Waals surface area contributed by atoms with Gasteiger partial charge < -0.3 is 19.4 Å². The second kappa shape index (κ2) is 8.52. The zero-order chi connectivity index (χ0) is 22.1. The van der Waals surface area contributed by atoms with Gasteiger partial charge in [-0.3, -0.25) is 4.79 Å². The molecule has 4 rings (SSSR count). The van der Waals surface area contributed by atoms with E-state index in [0.29, 0.717) is 17.7 Å². The molecule has 2 aromatic heterocycles. The van der Waals surface area contributed by atoms with Gasteiger partial charge in [-0.15, -0.1) is 0 Å². The summed E-state index contributed by atoms with van der Waals surface area (Å²) in [5.41, 5.74) is 2.77. The smallest absolute Gasteiger partial charge is 0.316 e. The maximum Gasteiger partial charge on any atom is 0.316 e. The van der Waals surface area contributed by atoms with Crippen LogP contribution in [-0.4, -0.2) is 28.8 Å². The van der Waals surface area contributed by atoms with E-state index in [9.17, 15) is 9.18 Å². The van der Waals surface area contributed by atoms with Crippen molar-refractivity contribution in [1.82, 2.24) is 14.5 Å². The molecule has 0 amide bonds. The lowest BCUT2D eigenvalue weighted by molar-refractivity contribution is 0.402. The molecule has 160 valence electrons. The normalized spacial score (nSPS) is 11.0. The van der Waals surface area contributed by atoms with Crippen LogP contribution >= 0.6 is 22.9 Å². The number of aryl methyl sites for hydroxylation is 1. The number of nitrogens with zero attached hydrogens (tertiary/aromatic N) is 3. The fourth-order valence-corrected chi connectivity index (χ4v) is 4.20. The van der Waals surface area contributed by atoms with Gasteiger partial charge in [0.05, 0.1) is 42.2 Å². The van der Waals surface area contributed by atoms with Crippen LogP contribution in [0.5, 0.6) is 10.9 Å². The number of fused-ring (bicyclic) bond motifs is 1. The van der Waals surface area contributed by atoms with Gasteiger partial charge in [0.25, 0.3) is 5.19 Å². The first-order valence-electron chi connectivity index (χ1n) is 9.20. The topological polar surface area (TPSA) is 78.3 Å². The summed E-state index contributed by atoms with van der Waals surface area (Å²) in [6.45, 7) is 2.25. The minimum Gasteiger partial charge on any atom is -0.490 e. The van der Waals surface area contributed by atoms with Crippen LogP contribution in [0.4, 0.5) is 16.0 Å². The van der Waals surface area contributed by atoms with E-state index in [1.54, 1.807) is 23.9 Å². The van der Waals surface area contributed by atoms with Crippen molar-refractivity contribution in [3.8, 4) is 10.9 Å². The molecule has 0 aliphatic heterocycles. The molecule has 0 unspecified atom stereocenters. The van der Waals surface area contributed by atoms with Gasteiger partial charge in [-0.2, -0.15) is 4.98 Å². The first kappa shape index (κ1) is 21.1. The van der Waals surface area contributed by atoms with Crippen LogP contribution < -0.4 is 20.3 Å². The number of ether oxygens (including phenoxy) is 2. The Bertz CT molecular complexity index is 1340. The molecule has 0 aliphatic carbocycles. The van der Waals surface area contributed by atoms with Gasteiger partial charge >= 0.3 is 5.56 Å². The van der Waals surface area contributed by atoms with Crippen molar-refractivity contribution < 1.29 is 13.9 Å². The van der Waals surface area contributed by atoms with E-state index in [0.717, 1.165) is 27.0 Å². The minimum atomic E-state index is -0.503. The fraction of sp³-hybridized carbons (Fsp3) is 0.190. The second-order valence-electron chi connectivity index (χ2n) is 6.71. The van der Waals surface area contributed by atoms with Crippen LogP contribution in [0.3, 0.4) is 0 Å². The lowest BCUT2D eigenvalue weighted by atomic mass is 10.2. The van der Waals surface area contributed by atoms with Gasteiger partial charge in [0.2, 0.25) is 11.7 Å². The predicted molar refractivity (Wildman–Crippen MR) is 120 cm³/mol. The molecule has 0 fully saturated rings. The average molecular weight is 461 g/mol. The number of anilines is 2. The average Bonchev–Trinajstić information content (AvgIpc) is 3.19. The largest absolute Gasteiger partial charge is 0.490 e. The first-order chi connectivity index (χ1) is 14.9. The zero-order valence-electron chi connectivity index (χ0n) is 16.9. The van der Waals surface area contributed by atoms with Crippen LogP contribution in [-0.2, 0) is 6.54 Å². The van der Waals surface area contributed by atoms with Crippen molar-refractivity contribution in [2.45, 2.75) is 13.5 Å². The molecule has 0 aliphatic rings. The van der Waals surface area contributed by atoms with E-state index in [-0.39, 0.29) is 10.8 Å². The fourth-order valence-electron chi connectivity index (χ4n) is 3.11. The first-order valence-corrected chi connectivity index (χ1v) is 10.4. The number of nitrogens with one attached hydrogen (secondary N) is 1. The summed E-state index contributed by atoms with van der Waals surface area (Å²) in [4.78, 5) is 20.9. The predicted octanol–water partition coefficient (Wildman–Crippen LogP) is 4.76. The Labute approximate surface area is 186 Å². The van der Waals surface area contributed by atoms with Gasteiger partial charge in [0, 0.05) is 5.69 Å². The Kier molecular flexibility index (Phi) is 5.79. The number of thiazole rings is 1. The van der Waals surface area contributed by atoms with Crippen LogP contribution in [0.1, 0.15) is 11.1 Å². The second-order valence-corrected chi connectivity index (χ2v) is 8.08. The highest BCUT2D eigenvalue weighted by molar-refractivity contribution is 7.20. The summed E-state index contributed by atoms with van der Waals surface area (Å²) in [7, 11) is 2.98. The SMILES string of the molecule is COc1nc2ccc(Nc3nc(=O)c(OC)cn3Cc3ccc(F)c(Cl)c3)c(C)c2s1. The highest BCUT2D eigenvalue weighted by Gasteiger charge is 2.14. The standard InChI is InChI=1S/C21H18ClFN4O3S/c1-11-15(6-7-16-18(11)31-21(25-16)30-3)24-20-26-19(28)17(29-2)10-27(20)9-12-4-5-14(23)13(22)8-12/h4-8,10H,9H2,1-3H3,(H,24,26,28). The van der Waals surface area contributed by atoms with Crippen molar-refractivity contribution in [3.05, 3.63) is 68.8 Å². The third-order valence-electron chi connectivity index (χ3n) is 4.73. The van der Waals surface area contributed by atoms with Crippen molar-refractivity contribution in [2.24, 2.45) is 0 Å². The quantitative estimate of drug-likeness (QED) is 0.447. The highest BCUT2D eigenvalue weighted by Crippen LogP contribution is 2.34. The third kappa shape index (κ3) is 4.19. The summed E-state index contributed by atoms with van der Waals surface area (Å²) in [6.07, 6.45) is 1.55. The minimum absolute atomic E-state index is 0.0217. The van der Waals surface area contributed by atoms with E-state index in [1.165, 1.54) is 30.6 Å². The molecule has 4 aromatic rings. The number of benzene rings is 2. The molecule has 0 radical (unpaired) electrons. The van der Waals surface area contributed by atoms with Gasteiger partial charge in [-0.25, -0.2) is 9.37 Å². The lowest BCUT2D eigenvalue weighted by Crippen LogP contribution is -2.19. The van der Waals surface area contributed by atoms with Crippen molar-refractivity contribution >= 4 is 44.8 Å². The summed E-state index contributed by atoms with van der Waals surface area (Å²) >= 11 is 7.35. The van der Waals surface area contributed by atoms with Crippen LogP contribution in [0.25, 0.3) is 10.2 Å². The van der Waals surface area contributed by atoms with Crippen molar-refractivity contribution in [2.75, 3.05) is 19.5 Å². The number of halogens is 2. The maximum absolute atomic E-state index is 13.5. The Balaban J connectivity index is 1.76. The molecule has 31 heavy (non-hydrogen) atoms. The molecule has 0 bridgehead atoms. The number of hydrogen-bond acceptors (Lipinski definition) is 7. The summed E-state index contributed by atoms with van der Waals surface area (Å²) in [5.74, 6) is -0.0911. The molecule has 0 saturated heterocycles. The van der Waals surface area contributed by atoms with Crippen LogP contribution in [0.15, 0.2) is 41.3 Å². The number of methoxy groups -OCH3 is 2. The molecule has 0 atom stereocenters. The third-order valence-corrected chi connectivity index (χ3v) is 6.17. The summed E-state index contributed by atoms with van der Waals surface area (Å²) < 4.78 is 26.6. The lowest BCUT2D eigenvalue weighted by Gasteiger charge is -2.16. The highest BCUT2D eigenvalue weighted by atomic mass is 35.5. The van der Waals surface area contributed by atoms with Crippen LogP contribution in [0.2, 0.25) is 5.02 Å². The van der Waals surface area contributed by atoms with Gasteiger partial charge in [0.1, 0.15) is 5.82 Å². The number of rotatable bonds is 6. The molecule has 2 aromatic carbocycles. The van der Waals surface area contributed by atoms with E-state index < -0.39 is 11.4 Å².